The summed E-state index contributed by atoms with van der Waals surface area (Å²) in [7, 11) is 0. The molecule has 0 aliphatic rings. The summed E-state index contributed by atoms with van der Waals surface area (Å²) in [6, 6.07) is 0. The van der Waals surface area contributed by atoms with Crippen molar-refractivity contribution in [3.63, 3.8) is 0 Å². The van der Waals surface area contributed by atoms with Crippen LogP contribution in [-0.2, 0) is 9.53 Å². The minimum Gasteiger partial charge on any atom is -0.444 e. The van der Waals surface area contributed by atoms with Crippen LogP contribution in [0, 0.1) is 5.92 Å². The fourth-order valence-electron chi connectivity index (χ4n) is 1.04. The third-order valence-electron chi connectivity index (χ3n) is 1.99. The Bertz CT molecular complexity index is 221. The molecule has 0 aromatic carbocycles. The van der Waals surface area contributed by atoms with Gasteiger partial charge in [-0.3, -0.25) is 4.79 Å². The summed E-state index contributed by atoms with van der Waals surface area (Å²) in [6.45, 7) is 7.19. The average molecular weight is 201 g/mol. The molecule has 14 heavy (non-hydrogen) atoms. The number of Topliss-reactive ketones (excluding diaryl/α,β-unsaturated/α-hetero) is 1. The van der Waals surface area contributed by atoms with Crippen molar-refractivity contribution in [2.75, 3.05) is 0 Å². The van der Waals surface area contributed by atoms with Crippen LogP contribution in [0.1, 0.15) is 40.5 Å². The van der Waals surface area contributed by atoms with Crippen molar-refractivity contribution in [1.82, 2.24) is 0 Å². The molecule has 4 heteroatoms. The summed E-state index contributed by atoms with van der Waals surface area (Å²) in [4.78, 5) is 21.8. The van der Waals surface area contributed by atoms with Gasteiger partial charge in [0.05, 0.1) is 0 Å². The minimum absolute atomic E-state index is 0.0272. The number of rotatable bonds is 5. The van der Waals surface area contributed by atoms with Gasteiger partial charge in [0.25, 0.3) is 0 Å². The SMILES string of the molecule is CC(C)C(=O)CCC(C)(C)OC(N)=O. The van der Waals surface area contributed by atoms with E-state index in [-0.39, 0.29) is 11.7 Å². The molecular formula is C10H19NO3. The van der Waals surface area contributed by atoms with Crippen molar-refractivity contribution in [2.24, 2.45) is 11.7 Å². The van der Waals surface area contributed by atoms with Crippen LogP contribution in [0.4, 0.5) is 4.79 Å². The van der Waals surface area contributed by atoms with E-state index >= 15 is 0 Å². The van der Waals surface area contributed by atoms with Crippen molar-refractivity contribution >= 4 is 11.9 Å². The zero-order chi connectivity index (χ0) is 11.4. The summed E-state index contributed by atoms with van der Waals surface area (Å²) in [6.07, 6.45) is 0.122. The minimum atomic E-state index is -0.799. The Hall–Kier alpha value is -1.06. The van der Waals surface area contributed by atoms with E-state index in [1.165, 1.54) is 0 Å². The quantitative estimate of drug-likeness (QED) is 0.738. The van der Waals surface area contributed by atoms with E-state index in [1.54, 1.807) is 13.8 Å². The Morgan fingerprint density at radius 3 is 2.21 bits per heavy atom. The normalized spacial score (nSPS) is 11.5. The lowest BCUT2D eigenvalue weighted by atomic mass is 9.96. The Balaban J connectivity index is 3.98. The van der Waals surface area contributed by atoms with Gasteiger partial charge in [0, 0.05) is 12.3 Å². The van der Waals surface area contributed by atoms with E-state index < -0.39 is 11.7 Å². The second-order valence-corrected chi connectivity index (χ2v) is 4.30. The molecule has 2 N–H and O–H groups in total. The maximum Gasteiger partial charge on any atom is 0.405 e. The predicted molar refractivity (Wildman–Crippen MR) is 53.8 cm³/mol. The Morgan fingerprint density at radius 1 is 1.36 bits per heavy atom. The van der Waals surface area contributed by atoms with Crippen molar-refractivity contribution in [3.8, 4) is 0 Å². The standard InChI is InChI=1S/C10H19NO3/c1-7(2)8(12)5-6-10(3,4)14-9(11)13/h7H,5-6H2,1-4H3,(H2,11,13). The van der Waals surface area contributed by atoms with E-state index in [1.807, 2.05) is 13.8 Å². The van der Waals surface area contributed by atoms with Crippen molar-refractivity contribution < 1.29 is 14.3 Å². The summed E-state index contributed by atoms with van der Waals surface area (Å²) in [5, 5.41) is 0. The molecule has 4 nitrogen and oxygen atoms in total. The molecule has 1 amide bonds. The molecule has 0 aliphatic carbocycles. The topological polar surface area (TPSA) is 69.4 Å². The predicted octanol–water partition coefficient (Wildman–Crippen LogP) is 1.87. The first kappa shape index (κ1) is 12.9. The molecule has 0 atom stereocenters. The monoisotopic (exact) mass is 201 g/mol. The summed E-state index contributed by atoms with van der Waals surface area (Å²) in [5.41, 5.74) is 4.24. The van der Waals surface area contributed by atoms with E-state index in [4.69, 9.17) is 10.5 Å². The molecule has 0 fully saturated rings. The van der Waals surface area contributed by atoms with E-state index in [9.17, 15) is 9.59 Å². The third kappa shape index (κ3) is 5.56. The van der Waals surface area contributed by atoms with Crippen LogP contribution in [0.3, 0.4) is 0 Å². The van der Waals surface area contributed by atoms with Crippen LogP contribution in [0.15, 0.2) is 0 Å². The highest BCUT2D eigenvalue weighted by Gasteiger charge is 2.23. The van der Waals surface area contributed by atoms with Crippen LogP contribution in [0.25, 0.3) is 0 Å². The van der Waals surface area contributed by atoms with E-state index in [0.29, 0.717) is 12.8 Å². The molecule has 0 saturated carbocycles. The lowest BCUT2D eigenvalue weighted by Gasteiger charge is -2.23. The van der Waals surface area contributed by atoms with Gasteiger partial charge in [-0.2, -0.15) is 0 Å². The molecule has 0 rings (SSSR count). The highest BCUT2D eigenvalue weighted by Crippen LogP contribution is 2.18. The van der Waals surface area contributed by atoms with Crippen LogP contribution in [0.2, 0.25) is 0 Å². The van der Waals surface area contributed by atoms with E-state index in [2.05, 4.69) is 0 Å². The van der Waals surface area contributed by atoms with Crippen LogP contribution >= 0.6 is 0 Å². The molecule has 82 valence electrons. The van der Waals surface area contributed by atoms with Gasteiger partial charge in [0.2, 0.25) is 0 Å². The lowest BCUT2D eigenvalue weighted by molar-refractivity contribution is -0.123. The van der Waals surface area contributed by atoms with Crippen LogP contribution < -0.4 is 5.73 Å². The highest BCUT2D eigenvalue weighted by molar-refractivity contribution is 5.80. The molecule has 0 spiro atoms. The lowest BCUT2D eigenvalue weighted by Crippen LogP contribution is -2.32. The van der Waals surface area contributed by atoms with Gasteiger partial charge in [-0.1, -0.05) is 13.8 Å². The number of nitrogens with two attached hydrogens (primary N) is 1. The smallest absolute Gasteiger partial charge is 0.405 e. The third-order valence-corrected chi connectivity index (χ3v) is 1.99. The average Bonchev–Trinajstić information content (AvgIpc) is 1.97. The molecule has 0 aliphatic heterocycles. The molecule has 0 heterocycles. The second kappa shape index (κ2) is 4.98. The maximum absolute atomic E-state index is 11.3. The maximum atomic E-state index is 11.3. The van der Waals surface area contributed by atoms with Gasteiger partial charge in [-0.25, -0.2) is 4.79 Å². The molecule has 0 aromatic rings. The number of ether oxygens (including phenoxy) is 1. The number of primary amides is 1. The molecule has 0 unspecified atom stereocenters. The first-order valence-corrected chi connectivity index (χ1v) is 4.76. The fraction of sp³-hybridized carbons (Fsp3) is 0.800. The molecule has 0 bridgehead atoms. The van der Waals surface area contributed by atoms with Crippen molar-refractivity contribution in [1.29, 1.82) is 0 Å². The molecule has 0 saturated heterocycles. The summed E-state index contributed by atoms with van der Waals surface area (Å²) in [5.74, 6) is 0.200. The zero-order valence-corrected chi connectivity index (χ0v) is 9.29. The Labute approximate surface area is 84.8 Å². The molecular weight excluding hydrogens is 182 g/mol. The molecule has 0 radical (unpaired) electrons. The van der Waals surface area contributed by atoms with Gasteiger partial charge >= 0.3 is 6.09 Å². The number of amides is 1. The van der Waals surface area contributed by atoms with Gasteiger partial charge in [0.15, 0.2) is 0 Å². The van der Waals surface area contributed by atoms with Gasteiger partial charge in [-0.05, 0) is 20.3 Å². The zero-order valence-electron chi connectivity index (χ0n) is 9.29. The van der Waals surface area contributed by atoms with Crippen LogP contribution in [0.5, 0.6) is 0 Å². The van der Waals surface area contributed by atoms with Crippen molar-refractivity contribution in [2.45, 2.75) is 46.1 Å². The Kier molecular flexibility index (Phi) is 4.60. The highest BCUT2D eigenvalue weighted by atomic mass is 16.6. The summed E-state index contributed by atoms with van der Waals surface area (Å²) >= 11 is 0. The first-order valence-electron chi connectivity index (χ1n) is 4.76. The number of hydrogen-bond acceptors (Lipinski definition) is 3. The Morgan fingerprint density at radius 2 is 1.86 bits per heavy atom. The van der Waals surface area contributed by atoms with Gasteiger partial charge in [-0.15, -0.1) is 0 Å². The number of carbonyl (C=O) groups is 2. The van der Waals surface area contributed by atoms with Gasteiger partial charge < -0.3 is 10.5 Å². The number of ketones is 1. The summed E-state index contributed by atoms with van der Waals surface area (Å²) < 4.78 is 4.85. The van der Waals surface area contributed by atoms with Gasteiger partial charge in [0.1, 0.15) is 11.4 Å². The second-order valence-electron chi connectivity index (χ2n) is 4.30. The first-order chi connectivity index (χ1) is 6.24. The van der Waals surface area contributed by atoms with E-state index in [0.717, 1.165) is 0 Å². The van der Waals surface area contributed by atoms with Crippen LogP contribution in [-0.4, -0.2) is 17.5 Å². The van der Waals surface area contributed by atoms with Crippen molar-refractivity contribution in [3.05, 3.63) is 0 Å². The molecule has 0 aromatic heterocycles. The number of carbonyl (C=O) groups excluding carboxylic acids is 2. The largest absolute Gasteiger partial charge is 0.444 e. The fourth-order valence-corrected chi connectivity index (χ4v) is 1.04. The number of hydrogen-bond donors (Lipinski definition) is 1.